The third-order valence-electron chi connectivity index (χ3n) is 2.70. The van der Waals surface area contributed by atoms with Crippen LogP contribution in [0.1, 0.15) is 43.9 Å². The molecule has 0 heterocycles. The van der Waals surface area contributed by atoms with Crippen molar-refractivity contribution < 1.29 is 0 Å². The summed E-state index contributed by atoms with van der Waals surface area (Å²) in [7, 11) is 0. The van der Waals surface area contributed by atoms with Crippen LogP contribution in [0.15, 0.2) is 23.2 Å². The van der Waals surface area contributed by atoms with Gasteiger partial charge in [0.1, 0.15) is 0 Å². The van der Waals surface area contributed by atoms with Crippen LogP contribution in [0.25, 0.3) is 0 Å². The van der Waals surface area contributed by atoms with Crippen LogP contribution in [0.4, 0.5) is 0 Å². The first kappa shape index (κ1) is 12.0. The number of nitrogens with zero attached hydrogens (tertiary/aromatic N) is 1. The molecule has 0 atom stereocenters. The van der Waals surface area contributed by atoms with Crippen molar-refractivity contribution >= 4 is 5.71 Å². The van der Waals surface area contributed by atoms with E-state index in [-0.39, 0.29) is 0 Å². The predicted molar refractivity (Wildman–Crippen MR) is 67.9 cm³/mol. The summed E-state index contributed by atoms with van der Waals surface area (Å²) in [5.41, 5.74) is 5.30. The zero-order chi connectivity index (χ0) is 11.3. The average Bonchev–Trinajstić information content (AvgIpc) is 2.27. The highest BCUT2D eigenvalue weighted by Gasteiger charge is 2.05. The maximum atomic E-state index is 4.57. The van der Waals surface area contributed by atoms with Crippen LogP contribution in [-0.2, 0) is 6.42 Å². The van der Waals surface area contributed by atoms with E-state index in [9.17, 15) is 0 Å². The summed E-state index contributed by atoms with van der Waals surface area (Å²) in [5, 5.41) is 0. The Morgan fingerprint density at radius 1 is 1.20 bits per heavy atom. The number of benzene rings is 1. The third kappa shape index (κ3) is 2.92. The van der Waals surface area contributed by atoms with Crippen molar-refractivity contribution in [2.45, 2.75) is 40.5 Å². The standard InChI is InChI=1S/C14H21N/c1-5-12-9-8-11(4)13(10-12)14(6-2)15-7-3/h8-10H,5-7H2,1-4H3. The lowest BCUT2D eigenvalue weighted by Gasteiger charge is -2.09. The molecule has 0 aromatic heterocycles. The van der Waals surface area contributed by atoms with Crippen molar-refractivity contribution in [2.75, 3.05) is 6.54 Å². The van der Waals surface area contributed by atoms with Crippen molar-refractivity contribution in [1.29, 1.82) is 0 Å². The van der Waals surface area contributed by atoms with Crippen molar-refractivity contribution in [3.63, 3.8) is 0 Å². The number of hydrogen-bond donors (Lipinski definition) is 0. The molecule has 0 saturated carbocycles. The Balaban J connectivity index is 3.15. The minimum atomic E-state index is 0.874. The van der Waals surface area contributed by atoms with Crippen molar-refractivity contribution in [3.8, 4) is 0 Å². The summed E-state index contributed by atoms with van der Waals surface area (Å²) in [5.74, 6) is 0. The van der Waals surface area contributed by atoms with Crippen LogP contribution >= 0.6 is 0 Å². The van der Waals surface area contributed by atoms with Crippen LogP contribution in [0.5, 0.6) is 0 Å². The van der Waals surface area contributed by atoms with Crippen LogP contribution in [0, 0.1) is 6.92 Å². The lowest BCUT2D eigenvalue weighted by atomic mass is 9.98. The quantitative estimate of drug-likeness (QED) is 0.660. The van der Waals surface area contributed by atoms with Gasteiger partial charge in [0, 0.05) is 12.3 Å². The highest BCUT2D eigenvalue weighted by Crippen LogP contribution is 2.14. The molecule has 0 N–H and O–H groups in total. The molecular formula is C14H21N. The van der Waals surface area contributed by atoms with Gasteiger partial charge in [-0.1, -0.05) is 26.0 Å². The second-order valence-electron chi connectivity index (χ2n) is 3.78. The first-order valence-electron chi connectivity index (χ1n) is 5.86. The highest BCUT2D eigenvalue weighted by atomic mass is 14.7. The van der Waals surface area contributed by atoms with Gasteiger partial charge in [-0.05, 0) is 49.4 Å². The second-order valence-corrected chi connectivity index (χ2v) is 3.78. The third-order valence-corrected chi connectivity index (χ3v) is 2.70. The van der Waals surface area contributed by atoms with Crippen LogP contribution in [0.3, 0.4) is 0 Å². The van der Waals surface area contributed by atoms with Crippen LogP contribution < -0.4 is 0 Å². The minimum absolute atomic E-state index is 0.874. The van der Waals surface area contributed by atoms with Crippen LogP contribution in [-0.4, -0.2) is 12.3 Å². The molecule has 0 aliphatic carbocycles. The Bertz CT molecular complexity index is 350. The van der Waals surface area contributed by atoms with Crippen molar-refractivity contribution in [1.82, 2.24) is 0 Å². The molecule has 15 heavy (non-hydrogen) atoms. The van der Waals surface area contributed by atoms with Gasteiger partial charge in [0.2, 0.25) is 0 Å². The molecule has 0 spiro atoms. The van der Waals surface area contributed by atoms with E-state index in [1.165, 1.54) is 22.4 Å². The first-order valence-corrected chi connectivity index (χ1v) is 5.86. The van der Waals surface area contributed by atoms with Crippen LogP contribution in [0.2, 0.25) is 0 Å². The molecule has 1 nitrogen and oxygen atoms in total. The van der Waals surface area contributed by atoms with Gasteiger partial charge in [0.15, 0.2) is 0 Å². The lowest BCUT2D eigenvalue weighted by Crippen LogP contribution is -2.03. The zero-order valence-electron chi connectivity index (χ0n) is 10.3. The summed E-state index contributed by atoms with van der Waals surface area (Å²) in [6.07, 6.45) is 2.11. The Kier molecular flexibility index (Phi) is 4.54. The van der Waals surface area contributed by atoms with Gasteiger partial charge in [-0.15, -0.1) is 0 Å². The molecule has 82 valence electrons. The van der Waals surface area contributed by atoms with E-state index in [0.717, 1.165) is 19.4 Å². The van der Waals surface area contributed by atoms with Crippen molar-refractivity contribution in [3.05, 3.63) is 34.9 Å². The van der Waals surface area contributed by atoms with E-state index in [1.807, 2.05) is 0 Å². The average molecular weight is 203 g/mol. The van der Waals surface area contributed by atoms with E-state index in [1.54, 1.807) is 0 Å². The fourth-order valence-electron chi connectivity index (χ4n) is 1.78. The number of aryl methyl sites for hydroxylation is 2. The zero-order valence-corrected chi connectivity index (χ0v) is 10.3. The molecule has 1 heteroatoms. The fourth-order valence-corrected chi connectivity index (χ4v) is 1.78. The molecule has 0 bridgehead atoms. The SMILES string of the molecule is CCN=C(CC)c1cc(CC)ccc1C. The minimum Gasteiger partial charge on any atom is -0.289 e. The summed E-state index contributed by atoms with van der Waals surface area (Å²) < 4.78 is 0. The largest absolute Gasteiger partial charge is 0.289 e. The Hall–Kier alpha value is -1.11. The van der Waals surface area contributed by atoms with Crippen molar-refractivity contribution in [2.24, 2.45) is 4.99 Å². The molecule has 0 aliphatic heterocycles. The molecular weight excluding hydrogens is 182 g/mol. The Labute approximate surface area is 93.2 Å². The molecule has 0 unspecified atom stereocenters. The Morgan fingerprint density at radius 2 is 1.93 bits per heavy atom. The number of rotatable bonds is 4. The van der Waals surface area contributed by atoms with Gasteiger partial charge in [0.05, 0.1) is 0 Å². The number of aliphatic imine (C=N–C) groups is 1. The Morgan fingerprint density at radius 3 is 2.47 bits per heavy atom. The molecule has 0 saturated heterocycles. The summed E-state index contributed by atoms with van der Waals surface area (Å²) >= 11 is 0. The molecule has 0 radical (unpaired) electrons. The van der Waals surface area contributed by atoms with E-state index >= 15 is 0 Å². The van der Waals surface area contributed by atoms with E-state index < -0.39 is 0 Å². The maximum absolute atomic E-state index is 4.57. The number of hydrogen-bond acceptors (Lipinski definition) is 1. The molecule has 1 rings (SSSR count). The summed E-state index contributed by atoms with van der Waals surface area (Å²) in [6.45, 7) is 9.49. The predicted octanol–water partition coefficient (Wildman–Crippen LogP) is 3.78. The molecule has 0 fully saturated rings. The second kappa shape index (κ2) is 5.69. The van der Waals surface area contributed by atoms with E-state index in [0.29, 0.717) is 0 Å². The summed E-state index contributed by atoms with van der Waals surface area (Å²) in [6, 6.07) is 6.69. The van der Waals surface area contributed by atoms with Gasteiger partial charge in [-0.25, -0.2) is 0 Å². The first-order chi connectivity index (χ1) is 7.22. The van der Waals surface area contributed by atoms with Gasteiger partial charge < -0.3 is 0 Å². The van der Waals surface area contributed by atoms with Gasteiger partial charge >= 0.3 is 0 Å². The van der Waals surface area contributed by atoms with Gasteiger partial charge in [-0.2, -0.15) is 0 Å². The molecule has 1 aromatic rings. The maximum Gasteiger partial charge on any atom is 0.0420 e. The molecule has 0 aliphatic rings. The normalized spacial score (nSPS) is 11.9. The fraction of sp³-hybridized carbons (Fsp3) is 0.500. The lowest BCUT2D eigenvalue weighted by molar-refractivity contribution is 1.09. The van der Waals surface area contributed by atoms with Gasteiger partial charge in [0.25, 0.3) is 0 Å². The summed E-state index contributed by atoms with van der Waals surface area (Å²) in [4.78, 5) is 4.57. The molecule has 0 amide bonds. The smallest absolute Gasteiger partial charge is 0.0420 e. The van der Waals surface area contributed by atoms with E-state index in [4.69, 9.17) is 0 Å². The monoisotopic (exact) mass is 203 g/mol. The topological polar surface area (TPSA) is 12.4 Å². The molecule has 1 aromatic carbocycles. The highest BCUT2D eigenvalue weighted by molar-refractivity contribution is 6.01. The van der Waals surface area contributed by atoms with Gasteiger partial charge in [-0.3, -0.25) is 4.99 Å². The van der Waals surface area contributed by atoms with E-state index in [2.05, 4.69) is 50.9 Å².